The largest absolute Gasteiger partial charge is 0.329 e. The molecule has 5 heteroatoms. The summed E-state index contributed by atoms with van der Waals surface area (Å²) >= 11 is 0. The second kappa shape index (κ2) is 4.44. The summed E-state index contributed by atoms with van der Waals surface area (Å²) in [6.07, 6.45) is 4.94. The quantitative estimate of drug-likeness (QED) is 0.744. The number of nitrogens with one attached hydrogen (secondary N) is 1. The highest BCUT2D eigenvalue weighted by Crippen LogP contribution is 2.08. The molecule has 1 aliphatic heterocycles. The van der Waals surface area contributed by atoms with Crippen LogP contribution in [0.5, 0.6) is 0 Å². The Kier molecular flexibility index (Phi) is 3.01. The van der Waals surface area contributed by atoms with Crippen molar-refractivity contribution in [1.82, 2.24) is 14.5 Å². The van der Waals surface area contributed by atoms with Crippen LogP contribution in [-0.2, 0) is 6.67 Å². The number of hydrogen-bond donors (Lipinski definition) is 1. The molecule has 0 aliphatic carbocycles. The second-order valence-electron chi connectivity index (χ2n) is 3.87. The molecule has 0 aromatic carbocycles. The molecule has 0 amide bonds. The lowest BCUT2D eigenvalue weighted by atomic mass is 10.1. The van der Waals surface area contributed by atoms with Gasteiger partial charge in [0.15, 0.2) is 0 Å². The third-order valence-electron chi connectivity index (χ3n) is 2.73. The molecule has 0 bridgehead atoms. The number of aromatic amines is 1. The van der Waals surface area contributed by atoms with E-state index in [1.54, 1.807) is 0 Å². The van der Waals surface area contributed by atoms with E-state index in [4.69, 9.17) is 0 Å². The molecule has 0 spiro atoms. The summed E-state index contributed by atoms with van der Waals surface area (Å²) in [6, 6.07) is 1.38. The van der Waals surface area contributed by atoms with Crippen LogP contribution in [0.4, 0.5) is 0 Å². The van der Waals surface area contributed by atoms with Crippen LogP contribution in [0.15, 0.2) is 21.9 Å². The zero-order valence-electron chi connectivity index (χ0n) is 8.61. The second-order valence-corrected chi connectivity index (χ2v) is 3.87. The fourth-order valence-electron chi connectivity index (χ4n) is 1.89. The topological polar surface area (TPSA) is 58.1 Å². The van der Waals surface area contributed by atoms with Gasteiger partial charge in [-0.25, -0.2) is 9.36 Å². The lowest BCUT2D eigenvalue weighted by molar-refractivity contribution is 0.176. The van der Waals surface area contributed by atoms with Crippen LogP contribution in [0, 0.1) is 0 Å². The molecule has 1 saturated heterocycles. The molecule has 1 fully saturated rings. The third kappa shape index (κ3) is 2.36. The number of H-pyrrole nitrogens is 1. The van der Waals surface area contributed by atoms with Crippen LogP contribution >= 0.6 is 0 Å². The molecule has 5 nitrogen and oxygen atoms in total. The van der Waals surface area contributed by atoms with E-state index in [9.17, 15) is 9.59 Å². The molecule has 1 aliphatic rings. The first-order valence-electron chi connectivity index (χ1n) is 5.28. The van der Waals surface area contributed by atoms with Crippen molar-refractivity contribution < 1.29 is 0 Å². The van der Waals surface area contributed by atoms with E-state index in [1.165, 1.54) is 23.3 Å². The molecule has 15 heavy (non-hydrogen) atoms. The fraction of sp³-hybridized carbons (Fsp3) is 0.600. The summed E-state index contributed by atoms with van der Waals surface area (Å²) in [7, 11) is 0. The van der Waals surface area contributed by atoms with Gasteiger partial charge in [-0.05, 0) is 25.9 Å². The van der Waals surface area contributed by atoms with Crippen LogP contribution in [0.25, 0.3) is 0 Å². The van der Waals surface area contributed by atoms with E-state index < -0.39 is 0 Å². The standard InChI is InChI=1S/C10H15N3O2/c14-9-4-5-11-10(15)13(9)8-12-6-2-1-3-7-12/h4-5H,1-3,6-8H2,(H,11,15). The van der Waals surface area contributed by atoms with E-state index in [-0.39, 0.29) is 11.2 Å². The Hall–Kier alpha value is -1.36. The normalized spacial score (nSPS) is 17.9. The molecular weight excluding hydrogens is 194 g/mol. The number of hydrogen-bond acceptors (Lipinski definition) is 3. The van der Waals surface area contributed by atoms with E-state index >= 15 is 0 Å². The Labute approximate surface area is 87.3 Å². The molecule has 82 valence electrons. The fourth-order valence-corrected chi connectivity index (χ4v) is 1.89. The summed E-state index contributed by atoms with van der Waals surface area (Å²) in [4.78, 5) is 27.5. The molecule has 1 aromatic heterocycles. The Morgan fingerprint density at radius 1 is 1.20 bits per heavy atom. The lowest BCUT2D eigenvalue weighted by Crippen LogP contribution is -2.42. The first-order valence-corrected chi connectivity index (χ1v) is 5.28. The minimum absolute atomic E-state index is 0.232. The molecule has 1 N–H and O–H groups in total. The molecule has 0 unspecified atom stereocenters. The first-order chi connectivity index (χ1) is 7.27. The van der Waals surface area contributed by atoms with E-state index in [2.05, 4.69) is 9.88 Å². The predicted molar refractivity (Wildman–Crippen MR) is 56.7 cm³/mol. The van der Waals surface area contributed by atoms with Crippen molar-refractivity contribution in [3.63, 3.8) is 0 Å². The van der Waals surface area contributed by atoms with Gasteiger partial charge in [-0.15, -0.1) is 0 Å². The molecular formula is C10H15N3O2. The van der Waals surface area contributed by atoms with Crippen LogP contribution in [0.3, 0.4) is 0 Å². The predicted octanol–water partition coefficient (Wildman–Crippen LogP) is -0.0200. The van der Waals surface area contributed by atoms with Crippen molar-refractivity contribution >= 4 is 0 Å². The minimum atomic E-state index is -0.326. The van der Waals surface area contributed by atoms with Crippen LogP contribution < -0.4 is 11.2 Å². The Balaban J connectivity index is 2.16. The number of nitrogens with zero attached hydrogens (tertiary/aromatic N) is 2. The van der Waals surface area contributed by atoms with Crippen LogP contribution in [0.2, 0.25) is 0 Å². The number of piperidine rings is 1. The van der Waals surface area contributed by atoms with Gasteiger partial charge in [-0.2, -0.15) is 0 Å². The maximum absolute atomic E-state index is 11.4. The van der Waals surface area contributed by atoms with E-state index in [1.807, 2.05) is 0 Å². The van der Waals surface area contributed by atoms with Gasteiger partial charge in [0.05, 0.1) is 6.67 Å². The average Bonchev–Trinajstić information content (AvgIpc) is 2.25. The van der Waals surface area contributed by atoms with Gasteiger partial charge in [-0.1, -0.05) is 6.42 Å². The maximum atomic E-state index is 11.4. The Morgan fingerprint density at radius 2 is 1.93 bits per heavy atom. The van der Waals surface area contributed by atoms with Crippen LogP contribution in [-0.4, -0.2) is 27.5 Å². The summed E-state index contributed by atoms with van der Waals surface area (Å²) in [5.74, 6) is 0. The number of likely N-dealkylation sites (tertiary alicyclic amines) is 1. The molecule has 0 atom stereocenters. The number of rotatable bonds is 2. The van der Waals surface area contributed by atoms with Gasteiger partial charge < -0.3 is 4.98 Å². The molecule has 0 saturated carbocycles. The Bertz CT molecular complexity index is 401. The third-order valence-corrected chi connectivity index (χ3v) is 2.73. The zero-order valence-corrected chi connectivity index (χ0v) is 8.61. The highest BCUT2D eigenvalue weighted by Gasteiger charge is 2.11. The molecule has 2 rings (SSSR count). The van der Waals surface area contributed by atoms with Gasteiger partial charge in [-0.3, -0.25) is 9.69 Å². The first kappa shape index (κ1) is 10.2. The van der Waals surface area contributed by atoms with Crippen LogP contribution in [0.1, 0.15) is 19.3 Å². The molecule has 1 aromatic rings. The van der Waals surface area contributed by atoms with Crippen molar-refractivity contribution in [3.8, 4) is 0 Å². The summed E-state index contributed by atoms with van der Waals surface area (Å²) in [6.45, 7) is 2.36. The Morgan fingerprint density at radius 3 is 2.60 bits per heavy atom. The minimum Gasteiger partial charge on any atom is -0.314 e. The van der Waals surface area contributed by atoms with E-state index in [0.29, 0.717) is 6.67 Å². The monoisotopic (exact) mass is 209 g/mol. The highest BCUT2D eigenvalue weighted by atomic mass is 16.2. The van der Waals surface area contributed by atoms with Crippen molar-refractivity contribution in [2.45, 2.75) is 25.9 Å². The van der Waals surface area contributed by atoms with Gasteiger partial charge >= 0.3 is 5.69 Å². The maximum Gasteiger partial charge on any atom is 0.329 e. The SMILES string of the molecule is O=c1cc[nH]c(=O)n1CN1CCCCC1. The van der Waals surface area contributed by atoms with E-state index in [0.717, 1.165) is 25.9 Å². The average molecular weight is 209 g/mol. The van der Waals surface area contributed by atoms with Crippen molar-refractivity contribution in [3.05, 3.63) is 33.1 Å². The summed E-state index contributed by atoms with van der Waals surface area (Å²) < 4.78 is 1.24. The van der Waals surface area contributed by atoms with Gasteiger partial charge in [0.1, 0.15) is 0 Å². The molecule has 2 heterocycles. The number of aromatic nitrogens is 2. The van der Waals surface area contributed by atoms with Crippen molar-refractivity contribution in [2.24, 2.45) is 0 Å². The van der Waals surface area contributed by atoms with Gasteiger partial charge in [0.2, 0.25) is 0 Å². The zero-order chi connectivity index (χ0) is 10.7. The van der Waals surface area contributed by atoms with Gasteiger partial charge in [0.25, 0.3) is 5.56 Å². The summed E-state index contributed by atoms with van der Waals surface area (Å²) in [5.41, 5.74) is -0.558. The smallest absolute Gasteiger partial charge is 0.314 e. The highest BCUT2D eigenvalue weighted by molar-refractivity contribution is 4.82. The molecule has 0 radical (unpaired) electrons. The summed E-state index contributed by atoms with van der Waals surface area (Å²) in [5, 5.41) is 0. The van der Waals surface area contributed by atoms with Crippen molar-refractivity contribution in [1.29, 1.82) is 0 Å². The lowest BCUT2D eigenvalue weighted by Gasteiger charge is -2.26. The van der Waals surface area contributed by atoms with Crippen molar-refractivity contribution in [2.75, 3.05) is 13.1 Å². The van der Waals surface area contributed by atoms with Gasteiger partial charge in [0, 0.05) is 12.3 Å².